The van der Waals surface area contributed by atoms with E-state index < -0.39 is 0 Å². The highest BCUT2D eigenvalue weighted by Crippen LogP contribution is 2.34. The maximum atomic E-state index is 2.28. The standard InChI is InChI=1S/C18H12.C6H5I/c1-2-8-14-13(7-1)15-9-3-4-11-17(15)18-12-6-5-10-16(14)18;7-6-4-2-1-3-5-6/h1-12H;1-5H. The van der Waals surface area contributed by atoms with E-state index in [1.165, 1.54) is 35.9 Å². The van der Waals surface area contributed by atoms with Crippen LogP contribution in [0.1, 0.15) is 0 Å². The lowest BCUT2D eigenvalue weighted by Gasteiger charge is -2.09. The molecule has 0 aliphatic carbocycles. The minimum absolute atomic E-state index is 1.29. The lowest BCUT2D eigenvalue weighted by atomic mass is 9.95. The third kappa shape index (κ3) is 3.24. The molecule has 5 aromatic rings. The fraction of sp³-hybridized carbons (Fsp3) is 0. The van der Waals surface area contributed by atoms with Gasteiger partial charge in [-0.1, -0.05) is 91.0 Å². The van der Waals surface area contributed by atoms with Gasteiger partial charge in [0.15, 0.2) is 0 Å². The fourth-order valence-corrected chi connectivity index (χ4v) is 3.69. The highest BCUT2D eigenvalue weighted by molar-refractivity contribution is 14.1. The van der Waals surface area contributed by atoms with Crippen LogP contribution < -0.4 is 0 Å². The van der Waals surface area contributed by atoms with Crippen LogP contribution >= 0.6 is 22.6 Å². The Morgan fingerprint density at radius 3 is 0.760 bits per heavy atom. The van der Waals surface area contributed by atoms with Gasteiger partial charge in [-0.05, 0) is 67.0 Å². The van der Waals surface area contributed by atoms with E-state index >= 15 is 0 Å². The van der Waals surface area contributed by atoms with E-state index in [0.29, 0.717) is 0 Å². The zero-order valence-corrected chi connectivity index (χ0v) is 15.9. The van der Waals surface area contributed by atoms with Crippen LogP contribution in [0.4, 0.5) is 0 Å². The van der Waals surface area contributed by atoms with Gasteiger partial charge in [-0.3, -0.25) is 0 Å². The zero-order valence-electron chi connectivity index (χ0n) is 13.7. The van der Waals surface area contributed by atoms with E-state index in [4.69, 9.17) is 0 Å². The molecule has 0 spiro atoms. The minimum Gasteiger partial charge on any atom is -0.0622 e. The lowest BCUT2D eigenvalue weighted by molar-refractivity contribution is 1.65. The molecule has 0 saturated heterocycles. The van der Waals surface area contributed by atoms with Crippen LogP contribution in [0.3, 0.4) is 0 Å². The first-order chi connectivity index (χ1) is 12.3. The highest BCUT2D eigenvalue weighted by atomic mass is 127. The van der Waals surface area contributed by atoms with Crippen LogP contribution in [0, 0.1) is 3.57 Å². The number of rotatable bonds is 0. The predicted molar refractivity (Wildman–Crippen MR) is 118 cm³/mol. The van der Waals surface area contributed by atoms with Gasteiger partial charge in [0.2, 0.25) is 0 Å². The Balaban J connectivity index is 0.000000190. The second-order valence-corrected chi connectivity index (χ2v) is 7.18. The van der Waals surface area contributed by atoms with Crippen molar-refractivity contribution in [2.75, 3.05) is 0 Å². The first-order valence-corrected chi connectivity index (χ1v) is 9.41. The highest BCUT2D eigenvalue weighted by Gasteiger charge is 2.06. The van der Waals surface area contributed by atoms with Gasteiger partial charge >= 0.3 is 0 Å². The summed E-state index contributed by atoms with van der Waals surface area (Å²) in [6, 6.07) is 36.2. The molecule has 0 unspecified atom stereocenters. The Labute approximate surface area is 161 Å². The van der Waals surface area contributed by atoms with E-state index in [-0.39, 0.29) is 0 Å². The largest absolute Gasteiger partial charge is 0.0622 e. The van der Waals surface area contributed by atoms with Crippen molar-refractivity contribution >= 4 is 54.9 Å². The van der Waals surface area contributed by atoms with Gasteiger partial charge in [0, 0.05) is 3.57 Å². The number of halogens is 1. The molecular formula is C24H17I. The molecule has 0 bridgehead atoms. The van der Waals surface area contributed by atoms with Crippen LogP contribution in [-0.2, 0) is 0 Å². The van der Waals surface area contributed by atoms with Crippen LogP contribution in [0.15, 0.2) is 103 Å². The van der Waals surface area contributed by atoms with E-state index in [1.807, 2.05) is 18.2 Å². The molecule has 0 aliphatic heterocycles. The molecule has 0 heterocycles. The topological polar surface area (TPSA) is 0 Å². The van der Waals surface area contributed by atoms with Gasteiger partial charge in [-0.15, -0.1) is 0 Å². The second kappa shape index (κ2) is 7.24. The van der Waals surface area contributed by atoms with Crippen molar-refractivity contribution in [2.24, 2.45) is 0 Å². The van der Waals surface area contributed by atoms with Crippen LogP contribution in [0.5, 0.6) is 0 Å². The molecule has 0 radical (unpaired) electrons. The van der Waals surface area contributed by atoms with Gasteiger partial charge in [0.05, 0.1) is 0 Å². The van der Waals surface area contributed by atoms with Gasteiger partial charge in [0.1, 0.15) is 0 Å². The third-order valence-electron chi connectivity index (χ3n) is 4.38. The molecular weight excluding hydrogens is 415 g/mol. The summed E-state index contributed by atoms with van der Waals surface area (Å²) in [5.74, 6) is 0. The van der Waals surface area contributed by atoms with Gasteiger partial charge in [0.25, 0.3) is 0 Å². The van der Waals surface area contributed by atoms with E-state index in [9.17, 15) is 0 Å². The number of fused-ring (bicyclic) bond motifs is 6. The summed E-state index contributed by atoms with van der Waals surface area (Å²) >= 11 is 2.28. The smallest absolute Gasteiger partial charge is 0.0130 e. The van der Waals surface area contributed by atoms with Crippen LogP contribution in [0.25, 0.3) is 32.3 Å². The van der Waals surface area contributed by atoms with Crippen molar-refractivity contribution in [1.82, 2.24) is 0 Å². The summed E-state index contributed by atoms with van der Waals surface area (Å²) in [5, 5.41) is 8.04. The monoisotopic (exact) mass is 432 g/mol. The minimum atomic E-state index is 1.29. The first-order valence-electron chi connectivity index (χ1n) is 8.33. The number of benzene rings is 5. The Morgan fingerprint density at radius 1 is 0.320 bits per heavy atom. The maximum Gasteiger partial charge on any atom is 0.0130 e. The normalized spacial score (nSPS) is 10.6. The molecule has 120 valence electrons. The summed E-state index contributed by atoms with van der Waals surface area (Å²) in [7, 11) is 0. The van der Waals surface area contributed by atoms with Gasteiger partial charge in [-0.25, -0.2) is 0 Å². The molecule has 0 aromatic heterocycles. The SMILES string of the molecule is Ic1ccccc1.c1ccc2c(c1)c1ccccc1c1ccccc21. The zero-order chi connectivity index (χ0) is 17.1. The summed E-state index contributed by atoms with van der Waals surface area (Å²) < 4.78 is 1.29. The predicted octanol–water partition coefficient (Wildman–Crippen LogP) is 7.44. The maximum absolute atomic E-state index is 2.28. The molecule has 1 heteroatoms. The van der Waals surface area contributed by atoms with Crippen LogP contribution in [0.2, 0.25) is 0 Å². The molecule has 0 N–H and O–H groups in total. The second-order valence-electron chi connectivity index (χ2n) is 5.93. The van der Waals surface area contributed by atoms with E-state index in [1.54, 1.807) is 0 Å². The fourth-order valence-electron chi connectivity index (χ4n) is 3.27. The average molecular weight is 432 g/mol. The third-order valence-corrected chi connectivity index (χ3v) is 5.10. The Bertz CT molecular complexity index is 923. The summed E-state index contributed by atoms with van der Waals surface area (Å²) in [5.41, 5.74) is 0. The molecule has 25 heavy (non-hydrogen) atoms. The summed E-state index contributed by atoms with van der Waals surface area (Å²) in [6.45, 7) is 0. The van der Waals surface area contributed by atoms with Crippen molar-refractivity contribution in [1.29, 1.82) is 0 Å². The van der Waals surface area contributed by atoms with Crippen molar-refractivity contribution < 1.29 is 0 Å². The molecule has 0 aliphatic rings. The van der Waals surface area contributed by atoms with Crippen molar-refractivity contribution in [2.45, 2.75) is 0 Å². The summed E-state index contributed by atoms with van der Waals surface area (Å²) in [4.78, 5) is 0. The quantitative estimate of drug-likeness (QED) is 0.176. The number of hydrogen-bond donors (Lipinski definition) is 0. The van der Waals surface area contributed by atoms with Crippen LogP contribution in [-0.4, -0.2) is 0 Å². The van der Waals surface area contributed by atoms with E-state index in [0.717, 1.165) is 0 Å². The average Bonchev–Trinajstić information content (AvgIpc) is 2.69. The molecule has 0 amide bonds. The Hall–Kier alpha value is -2.39. The van der Waals surface area contributed by atoms with Gasteiger partial charge in [-0.2, -0.15) is 0 Å². The van der Waals surface area contributed by atoms with Gasteiger partial charge < -0.3 is 0 Å². The lowest BCUT2D eigenvalue weighted by Crippen LogP contribution is -1.81. The number of hydrogen-bond acceptors (Lipinski definition) is 0. The first kappa shape index (κ1) is 16.1. The molecule has 0 saturated carbocycles. The molecule has 0 nitrogen and oxygen atoms in total. The Kier molecular flexibility index (Phi) is 4.66. The van der Waals surface area contributed by atoms with E-state index in [2.05, 4.69) is 108 Å². The van der Waals surface area contributed by atoms with Crippen molar-refractivity contribution in [3.63, 3.8) is 0 Å². The van der Waals surface area contributed by atoms with Crippen molar-refractivity contribution in [3.8, 4) is 0 Å². The molecule has 0 fully saturated rings. The molecule has 5 aromatic carbocycles. The Morgan fingerprint density at radius 2 is 0.560 bits per heavy atom. The summed E-state index contributed by atoms with van der Waals surface area (Å²) in [6.07, 6.45) is 0. The molecule has 0 atom stereocenters. The molecule has 5 rings (SSSR count). The van der Waals surface area contributed by atoms with Crippen molar-refractivity contribution in [3.05, 3.63) is 107 Å².